The summed E-state index contributed by atoms with van der Waals surface area (Å²) >= 11 is 0. The number of imide groups is 1. The first-order chi connectivity index (χ1) is 9.56. The van der Waals surface area contributed by atoms with E-state index in [1.165, 1.54) is 12.2 Å². The Hall–Kier alpha value is -2.63. The average molecular weight is 274 g/mol. The number of aliphatic carboxylic acids is 1. The molecule has 6 nitrogen and oxygen atoms in total. The Kier molecular flexibility index (Phi) is 4.14. The lowest BCUT2D eigenvalue weighted by Gasteiger charge is -2.16. The van der Waals surface area contributed by atoms with E-state index in [1.54, 1.807) is 12.1 Å². The molecule has 1 aromatic carbocycles. The average Bonchev–Trinajstić information content (AvgIpc) is 2.72. The third-order valence-corrected chi connectivity index (χ3v) is 2.86. The molecule has 0 atom stereocenters. The highest BCUT2D eigenvalue weighted by molar-refractivity contribution is 6.13. The minimum atomic E-state index is -0.804. The predicted octanol–water partition coefficient (Wildman–Crippen LogP) is 1.35. The fourth-order valence-electron chi connectivity index (χ4n) is 1.83. The molecule has 0 unspecified atom stereocenters. The molecule has 2 amide bonds. The van der Waals surface area contributed by atoms with Crippen molar-refractivity contribution < 1.29 is 19.5 Å². The molecule has 0 spiro atoms. The van der Waals surface area contributed by atoms with Crippen LogP contribution in [0.1, 0.15) is 18.4 Å². The number of carbonyl (C=O) groups is 3. The summed E-state index contributed by atoms with van der Waals surface area (Å²) in [5, 5.41) is 9.49. The van der Waals surface area contributed by atoms with Crippen molar-refractivity contribution in [2.45, 2.75) is 19.3 Å². The second-order valence-corrected chi connectivity index (χ2v) is 4.40. The van der Waals surface area contributed by atoms with Crippen LogP contribution >= 0.6 is 0 Å². The van der Waals surface area contributed by atoms with E-state index >= 15 is 0 Å². The van der Waals surface area contributed by atoms with Crippen molar-refractivity contribution in [3.63, 3.8) is 0 Å². The molecule has 1 aromatic rings. The van der Waals surface area contributed by atoms with E-state index < -0.39 is 17.8 Å². The van der Waals surface area contributed by atoms with Crippen LogP contribution in [0.25, 0.3) is 0 Å². The Balaban J connectivity index is 1.90. The lowest BCUT2D eigenvalue weighted by Crippen LogP contribution is -2.35. The molecule has 104 valence electrons. The number of amides is 2. The van der Waals surface area contributed by atoms with E-state index in [1.807, 2.05) is 12.1 Å². The molecule has 1 aliphatic rings. The van der Waals surface area contributed by atoms with Crippen LogP contribution in [0, 0.1) is 0 Å². The monoisotopic (exact) mass is 274 g/mol. The molecule has 2 rings (SSSR count). The van der Waals surface area contributed by atoms with Crippen LogP contribution in [-0.2, 0) is 20.8 Å². The highest BCUT2D eigenvalue weighted by atomic mass is 16.4. The lowest BCUT2D eigenvalue weighted by atomic mass is 10.1. The molecule has 6 heteroatoms. The summed E-state index contributed by atoms with van der Waals surface area (Å²) in [7, 11) is 0. The van der Waals surface area contributed by atoms with Crippen LogP contribution in [0.15, 0.2) is 36.4 Å². The SMILES string of the molecule is O=C(O)CCCc1ccc(NN2C(=O)C=CC2=O)cc1. The van der Waals surface area contributed by atoms with Crippen molar-refractivity contribution in [1.29, 1.82) is 0 Å². The molecule has 1 heterocycles. The Morgan fingerprint density at radius 2 is 1.70 bits per heavy atom. The normalized spacial score (nSPS) is 13.9. The summed E-state index contributed by atoms with van der Waals surface area (Å²) in [6, 6.07) is 7.16. The number of nitrogens with one attached hydrogen (secondary N) is 1. The topological polar surface area (TPSA) is 86.7 Å². The Labute approximate surface area is 115 Å². The number of nitrogens with zero attached hydrogens (tertiary/aromatic N) is 1. The zero-order chi connectivity index (χ0) is 14.5. The van der Waals surface area contributed by atoms with Gasteiger partial charge in [0.15, 0.2) is 0 Å². The number of carbonyl (C=O) groups excluding carboxylic acids is 2. The van der Waals surface area contributed by atoms with Gasteiger partial charge in [0, 0.05) is 18.6 Å². The number of anilines is 1. The largest absolute Gasteiger partial charge is 0.481 e. The smallest absolute Gasteiger partial charge is 0.303 e. The molecule has 0 fully saturated rings. The van der Waals surface area contributed by atoms with Gasteiger partial charge >= 0.3 is 5.97 Å². The van der Waals surface area contributed by atoms with Gasteiger partial charge in [0.2, 0.25) is 0 Å². The van der Waals surface area contributed by atoms with Crippen molar-refractivity contribution in [3.8, 4) is 0 Å². The van der Waals surface area contributed by atoms with Gasteiger partial charge in [0.25, 0.3) is 11.8 Å². The highest BCUT2D eigenvalue weighted by Gasteiger charge is 2.23. The summed E-state index contributed by atoms with van der Waals surface area (Å²) in [6.45, 7) is 0. The number of hydrogen-bond donors (Lipinski definition) is 2. The molecule has 0 radical (unpaired) electrons. The number of carboxylic acids is 1. The van der Waals surface area contributed by atoms with Gasteiger partial charge < -0.3 is 5.11 Å². The van der Waals surface area contributed by atoms with Gasteiger partial charge in [-0.05, 0) is 30.5 Å². The molecule has 0 bridgehead atoms. The number of hydrazine groups is 1. The Morgan fingerprint density at radius 3 is 2.25 bits per heavy atom. The first-order valence-electron chi connectivity index (χ1n) is 6.20. The predicted molar refractivity (Wildman–Crippen MR) is 71.6 cm³/mol. The molecule has 20 heavy (non-hydrogen) atoms. The summed E-state index contributed by atoms with van der Waals surface area (Å²) in [5.41, 5.74) is 4.35. The molecule has 0 aliphatic carbocycles. The van der Waals surface area contributed by atoms with Crippen molar-refractivity contribution in [3.05, 3.63) is 42.0 Å². The number of benzene rings is 1. The number of aryl methyl sites for hydroxylation is 1. The molecule has 0 saturated heterocycles. The van der Waals surface area contributed by atoms with Gasteiger partial charge in [0.1, 0.15) is 0 Å². The molecule has 0 aromatic heterocycles. The fourth-order valence-corrected chi connectivity index (χ4v) is 1.83. The van der Waals surface area contributed by atoms with Crippen molar-refractivity contribution in [1.82, 2.24) is 5.01 Å². The zero-order valence-electron chi connectivity index (χ0n) is 10.7. The van der Waals surface area contributed by atoms with Gasteiger partial charge in [-0.1, -0.05) is 12.1 Å². The maximum atomic E-state index is 11.4. The second-order valence-electron chi connectivity index (χ2n) is 4.40. The molecular weight excluding hydrogens is 260 g/mol. The second kappa shape index (κ2) is 6.01. The number of carboxylic acid groups (broad SMARTS) is 1. The third-order valence-electron chi connectivity index (χ3n) is 2.86. The molecule has 1 aliphatic heterocycles. The van der Waals surface area contributed by atoms with Crippen LogP contribution in [-0.4, -0.2) is 27.9 Å². The van der Waals surface area contributed by atoms with E-state index in [0.29, 0.717) is 18.5 Å². The number of hydrogen-bond acceptors (Lipinski definition) is 4. The van der Waals surface area contributed by atoms with Crippen molar-refractivity contribution in [2.24, 2.45) is 0 Å². The van der Waals surface area contributed by atoms with Gasteiger partial charge in [0.05, 0.1) is 5.69 Å². The first kappa shape index (κ1) is 13.8. The van der Waals surface area contributed by atoms with Crippen LogP contribution in [0.2, 0.25) is 0 Å². The van der Waals surface area contributed by atoms with Crippen LogP contribution in [0.4, 0.5) is 5.69 Å². The van der Waals surface area contributed by atoms with Crippen LogP contribution in [0.3, 0.4) is 0 Å². The highest BCUT2D eigenvalue weighted by Crippen LogP contribution is 2.14. The van der Waals surface area contributed by atoms with E-state index in [-0.39, 0.29) is 6.42 Å². The Bertz CT molecular complexity index is 545. The minimum Gasteiger partial charge on any atom is -0.481 e. The summed E-state index contributed by atoms with van der Waals surface area (Å²) in [5.74, 6) is -1.61. The van der Waals surface area contributed by atoms with E-state index in [9.17, 15) is 14.4 Å². The van der Waals surface area contributed by atoms with E-state index in [0.717, 1.165) is 10.6 Å². The van der Waals surface area contributed by atoms with E-state index in [2.05, 4.69) is 5.43 Å². The van der Waals surface area contributed by atoms with Gasteiger partial charge in [-0.3, -0.25) is 19.8 Å². The van der Waals surface area contributed by atoms with Crippen molar-refractivity contribution in [2.75, 3.05) is 5.43 Å². The maximum absolute atomic E-state index is 11.4. The van der Waals surface area contributed by atoms with Gasteiger partial charge in [-0.15, -0.1) is 0 Å². The van der Waals surface area contributed by atoms with Crippen LogP contribution < -0.4 is 5.43 Å². The van der Waals surface area contributed by atoms with Crippen molar-refractivity contribution >= 4 is 23.5 Å². The van der Waals surface area contributed by atoms with Gasteiger partial charge in [-0.2, -0.15) is 5.01 Å². The molecule has 0 saturated carbocycles. The summed E-state index contributed by atoms with van der Waals surface area (Å²) in [6.07, 6.45) is 3.80. The van der Waals surface area contributed by atoms with E-state index in [4.69, 9.17) is 5.11 Å². The quantitative estimate of drug-likeness (QED) is 0.764. The molecule has 2 N–H and O–H groups in total. The minimum absolute atomic E-state index is 0.141. The lowest BCUT2D eigenvalue weighted by molar-refractivity contribution is -0.137. The zero-order valence-corrected chi connectivity index (χ0v) is 10.7. The molecular formula is C14H14N2O4. The summed E-state index contributed by atoms with van der Waals surface area (Å²) in [4.78, 5) is 33.1. The number of rotatable bonds is 6. The first-order valence-corrected chi connectivity index (χ1v) is 6.20. The summed E-state index contributed by atoms with van der Waals surface area (Å²) < 4.78 is 0. The van der Waals surface area contributed by atoms with Crippen LogP contribution in [0.5, 0.6) is 0 Å². The van der Waals surface area contributed by atoms with Gasteiger partial charge in [-0.25, -0.2) is 0 Å². The third kappa shape index (κ3) is 3.44. The maximum Gasteiger partial charge on any atom is 0.303 e. The fraction of sp³-hybridized carbons (Fsp3) is 0.214. The Morgan fingerprint density at radius 1 is 1.10 bits per heavy atom. The standard InChI is InChI=1S/C14H14N2O4/c17-12-8-9-13(18)16(12)15-11-6-4-10(5-7-11)2-1-3-14(19)20/h4-9,15H,1-3H2,(H,19,20).